The second-order valence-electron chi connectivity index (χ2n) is 2.06. The molecule has 0 spiro atoms. The second kappa shape index (κ2) is 2.53. The number of hydrogen-bond donors (Lipinski definition) is 2. The fraction of sp³-hybridized carbons (Fsp3) is 0.167. The minimum Gasteiger partial charge on any atom is -0.311 e. The third-order valence-electron chi connectivity index (χ3n) is 1.29. The minimum absolute atomic E-state index is 0.0374. The first-order valence-corrected chi connectivity index (χ1v) is 2.93. The smallest absolute Gasteiger partial charge is 0.311 e. The van der Waals surface area contributed by atoms with Crippen LogP contribution in [-0.2, 0) is 0 Å². The van der Waals surface area contributed by atoms with Crippen molar-refractivity contribution in [2.75, 3.05) is 0 Å². The van der Waals surface area contributed by atoms with Crippen molar-refractivity contribution in [3.05, 3.63) is 32.1 Å². The molecular weight excluding hydrogens is 148 g/mol. The van der Waals surface area contributed by atoms with Gasteiger partial charge in [-0.15, -0.1) is 0 Å². The van der Waals surface area contributed by atoms with Gasteiger partial charge in [0.05, 0.1) is 5.56 Å². The molecule has 1 aromatic rings. The molecule has 58 valence electrons. The average Bonchev–Trinajstić information content (AvgIpc) is 1.85. The fourth-order valence-electron chi connectivity index (χ4n) is 0.752. The molecular formula is C6H6N2O3. The van der Waals surface area contributed by atoms with Gasteiger partial charge in [0.2, 0.25) is 0 Å². The van der Waals surface area contributed by atoms with Crippen LogP contribution < -0.4 is 11.2 Å². The Morgan fingerprint density at radius 3 is 2.36 bits per heavy atom. The second-order valence-corrected chi connectivity index (χ2v) is 2.06. The molecule has 2 N–H and O–H groups in total. The van der Waals surface area contributed by atoms with E-state index in [4.69, 9.17) is 0 Å². The van der Waals surface area contributed by atoms with Crippen LogP contribution in [0.4, 0.5) is 0 Å². The lowest BCUT2D eigenvalue weighted by atomic mass is 10.3. The summed E-state index contributed by atoms with van der Waals surface area (Å²) >= 11 is 0. The summed E-state index contributed by atoms with van der Waals surface area (Å²) in [5.74, 6) is 0. The van der Waals surface area contributed by atoms with Crippen LogP contribution in [0.15, 0.2) is 9.59 Å². The maximum Gasteiger partial charge on any atom is 0.325 e. The largest absolute Gasteiger partial charge is 0.325 e. The first-order valence-electron chi connectivity index (χ1n) is 2.93. The van der Waals surface area contributed by atoms with Gasteiger partial charge in [0, 0.05) is 5.69 Å². The van der Waals surface area contributed by atoms with Gasteiger partial charge < -0.3 is 4.98 Å². The fourth-order valence-corrected chi connectivity index (χ4v) is 0.752. The Morgan fingerprint density at radius 1 is 1.27 bits per heavy atom. The Balaban J connectivity index is 3.62. The highest BCUT2D eigenvalue weighted by atomic mass is 16.2. The zero-order valence-corrected chi connectivity index (χ0v) is 5.80. The molecule has 0 saturated heterocycles. The molecule has 0 aliphatic rings. The normalized spacial score (nSPS) is 9.55. The quantitative estimate of drug-likeness (QED) is 0.518. The number of aldehydes is 1. The van der Waals surface area contributed by atoms with E-state index in [0.717, 1.165) is 0 Å². The lowest BCUT2D eigenvalue weighted by molar-refractivity contribution is 0.112. The van der Waals surface area contributed by atoms with Crippen molar-refractivity contribution in [2.45, 2.75) is 6.92 Å². The van der Waals surface area contributed by atoms with Gasteiger partial charge in [-0.2, -0.15) is 0 Å². The molecule has 11 heavy (non-hydrogen) atoms. The summed E-state index contributed by atoms with van der Waals surface area (Å²) in [6.07, 6.45) is 0.407. The van der Waals surface area contributed by atoms with Crippen LogP contribution in [0.5, 0.6) is 0 Å². The SMILES string of the molecule is Cc1[nH]c(=O)[nH]c(=O)c1C=O. The van der Waals surface area contributed by atoms with Gasteiger partial charge in [-0.25, -0.2) is 4.79 Å². The summed E-state index contributed by atoms with van der Waals surface area (Å²) in [5, 5.41) is 0. The molecule has 0 aliphatic heterocycles. The van der Waals surface area contributed by atoms with E-state index in [1.807, 2.05) is 4.98 Å². The standard InChI is InChI=1S/C6H6N2O3/c1-3-4(2-9)5(10)8-6(11)7-3/h2H,1H3,(H2,7,8,10,11). The van der Waals surface area contributed by atoms with E-state index in [0.29, 0.717) is 6.29 Å². The van der Waals surface area contributed by atoms with Crippen molar-refractivity contribution in [3.63, 3.8) is 0 Å². The molecule has 0 aliphatic carbocycles. The molecule has 0 radical (unpaired) electrons. The van der Waals surface area contributed by atoms with Crippen LogP contribution in [0.25, 0.3) is 0 Å². The molecule has 0 fully saturated rings. The Bertz CT molecular complexity index is 388. The van der Waals surface area contributed by atoms with Gasteiger partial charge in [-0.3, -0.25) is 14.6 Å². The van der Waals surface area contributed by atoms with Crippen LogP contribution in [-0.4, -0.2) is 16.3 Å². The van der Waals surface area contributed by atoms with Crippen LogP contribution in [0.1, 0.15) is 16.1 Å². The molecule has 5 heteroatoms. The number of hydrogen-bond acceptors (Lipinski definition) is 3. The van der Waals surface area contributed by atoms with Crippen molar-refractivity contribution < 1.29 is 4.79 Å². The van der Waals surface area contributed by atoms with Gasteiger partial charge >= 0.3 is 5.69 Å². The summed E-state index contributed by atoms with van der Waals surface area (Å²) in [7, 11) is 0. The topological polar surface area (TPSA) is 82.8 Å². The minimum atomic E-state index is -0.652. The highest BCUT2D eigenvalue weighted by Gasteiger charge is 2.02. The molecule has 1 aromatic heterocycles. The monoisotopic (exact) mass is 154 g/mol. The van der Waals surface area contributed by atoms with Crippen LogP contribution in [0.3, 0.4) is 0 Å². The van der Waals surface area contributed by atoms with Crippen molar-refractivity contribution in [1.29, 1.82) is 0 Å². The van der Waals surface area contributed by atoms with E-state index in [1.54, 1.807) is 0 Å². The zero-order chi connectivity index (χ0) is 8.43. The van der Waals surface area contributed by atoms with E-state index in [-0.39, 0.29) is 11.3 Å². The van der Waals surface area contributed by atoms with E-state index >= 15 is 0 Å². The third kappa shape index (κ3) is 1.26. The summed E-state index contributed by atoms with van der Waals surface area (Å²) in [5.41, 5.74) is -1.00. The molecule has 0 saturated carbocycles. The van der Waals surface area contributed by atoms with Crippen LogP contribution >= 0.6 is 0 Å². The number of carbonyl (C=O) groups excluding carboxylic acids is 1. The zero-order valence-electron chi connectivity index (χ0n) is 5.80. The molecule has 0 bridgehead atoms. The first kappa shape index (κ1) is 7.46. The molecule has 0 unspecified atom stereocenters. The maximum absolute atomic E-state index is 10.8. The van der Waals surface area contributed by atoms with Gasteiger partial charge in [-0.05, 0) is 6.92 Å². The highest BCUT2D eigenvalue weighted by Crippen LogP contribution is 1.87. The number of aromatic nitrogens is 2. The Morgan fingerprint density at radius 2 is 1.91 bits per heavy atom. The van der Waals surface area contributed by atoms with E-state index in [9.17, 15) is 14.4 Å². The Hall–Kier alpha value is -1.65. The van der Waals surface area contributed by atoms with Gasteiger partial charge in [0.1, 0.15) is 0 Å². The summed E-state index contributed by atoms with van der Waals surface area (Å²) in [6.45, 7) is 1.49. The van der Waals surface area contributed by atoms with Gasteiger partial charge in [0.15, 0.2) is 6.29 Å². The van der Waals surface area contributed by atoms with Crippen LogP contribution in [0.2, 0.25) is 0 Å². The molecule has 0 atom stereocenters. The van der Waals surface area contributed by atoms with Crippen LogP contribution in [0, 0.1) is 6.92 Å². The average molecular weight is 154 g/mol. The number of aryl methyl sites for hydroxylation is 1. The number of nitrogens with one attached hydrogen (secondary N) is 2. The Labute approximate surface area is 61.1 Å². The lowest BCUT2D eigenvalue weighted by Crippen LogP contribution is -2.26. The predicted octanol–water partition coefficient (Wildman–Crippen LogP) is -0.816. The van der Waals surface area contributed by atoms with E-state index in [1.165, 1.54) is 6.92 Å². The molecule has 0 aromatic carbocycles. The van der Waals surface area contributed by atoms with Crippen molar-refractivity contribution in [2.24, 2.45) is 0 Å². The molecule has 1 heterocycles. The summed E-state index contributed by atoms with van der Waals surface area (Å²) < 4.78 is 0. The third-order valence-corrected chi connectivity index (χ3v) is 1.29. The van der Waals surface area contributed by atoms with E-state index in [2.05, 4.69) is 4.98 Å². The highest BCUT2D eigenvalue weighted by molar-refractivity contribution is 5.75. The van der Waals surface area contributed by atoms with Crippen molar-refractivity contribution in [1.82, 2.24) is 9.97 Å². The van der Waals surface area contributed by atoms with Gasteiger partial charge in [-0.1, -0.05) is 0 Å². The predicted molar refractivity (Wildman–Crippen MR) is 37.8 cm³/mol. The maximum atomic E-state index is 10.8. The van der Waals surface area contributed by atoms with Gasteiger partial charge in [0.25, 0.3) is 5.56 Å². The lowest BCUT2D eigenvalue weighted by Gasteiger charge is -1.92. The molecule has 0 amide bonds. The van der Waals surface area contributed by atoms with Crippen molar-refractivity contribution >= 4 is 6.29 Å². The Kier molecular flexibility index (Phi) is 1.72. The number of carbonyl (C=O) groups is 1. The summed E-state index contributed by atoms with van der Waals surface area (Å²) in [4.78, 5) is 35.8. The summed E-state index contributed by atoms with van der Waals surface area (Å²) in [6, 6.07) is 0. The number of H-pyrrole nitrogens is 2. The first-order chi connectivity index (χ1) is 5.15. The number of aromatic amines is 2. The molecule has 1 rings (SSSR count). The van der Waals surface area contributed by atoms with Crippen molar-refractivity contribution in [3.8, 4) is 0 Å². The van der Waals surface area contributed by atoms with E-state index < -0.39 is 11.2 Å². The molecule has 5 nitrogen and oxygen atoms in total. The number of rotatable bonds is 1.